The summed E-state index contributed by atoms with van der Waals surface area (Å²) in [5.74, 6) is 0.456. The molecule has 0 aliphatic heterocycles. The number of ether oxygens (including phenoxy) is 1. The highest BCUT2D eigenvalue weighted by atomic mass is 35.5. The van der Waals surface area contributed by atoms with Gasteiger partial charge < -0.3 is 4.74 Å². The minimum atomic E-state index is -0.0266. The van der Waals surface area contributed by atoms with Gasteiger partial charge in [-0.25, -0.2) is 0 Å². The van der Waals surface area contributed by atoms with Gasteiger partial charge >= 0.3 is 0 Å². The molecule has 0 unspecified atom stereocenters. The fourth-order valence-corrected chi connectivity index (χ4v) is 1.78. The van der Waals surface area contributed by atoms with Crippen molar-refractivity contribution in [3.63, 3.8) is 0 Å². The molecular formula is C11H13ClO2. The lowest BCUT2D eigenvalue weighted by Crippen LogP contribution is -2.02. The van der Waals surface area contributed by atoms with Gasteiger partial charge in [-0.05, 0) is 31.9 Å². The van der Waals surface area contributed by atoms with Gasteiger partial charge in [0.05, 0.1) is 17.7 Å². The molecule has 0 aliphatic carbocycles. The number of methoxy groups -OCH3 is 1. The van der Waals surface area contributed by atoms with E-state index in [0.29, 0.717) is 16.3 Å². The molecule has 0 atom stereocenters. The summed E-state index contributed by atoms with van der Waals surface area (Å²) in [5, 5.41) is 0.517. The molecule has 1 aromatic rings. The molecule has 76 valence electrons. The van der Waals surface area contributed by atoms with Gasteiger partial charge in [-0.3, -0.25) is 4.79 Å². The molecule has 14 heavy (non-hydrogen) atoms. The number of carbonyl (C=O) groups is 1. The highest BCUT2D eigenvalue weighted by Gasteiger charge is 2.16. The fourth-order valence-electron chi connectivity index (χ4n) is 1.56. The van der Waals surface area contributed by atoms with E-state index < -0.39 is 0 Å². The van der Waals surface area contributed by atoms with Gasteiger partial charge in [0.15, 0.2) is 5.78 Å². The molecule has 1 rings (SSSR count). The lowest BCUT2D eigenvalue weighted by Gasteiger charge is -2.12. The Morgan fingerprint density at radius 1 is 1.36 bits per heavy atom. The Hall–Kier alpha value is -1.02. The van der Waals surface area contributed by atoms with Crippen LogP contribution in [0.3, 0.4) is 0 Å². The Morgan fingerprint density at radius 3 is 2.36 bits per heavy atom. The quantitative estimate of drug-likeness (QED) is 0.704. The van der Waals surface area contributed by atoms with Crippen molar-refractivity contribution >= 4 is 17.4 Å². The van der Waals surface area contributed by atoms with E-state index in [-0.39, 0.29) is 5.78 Å². The van der Waals surface area contributed by atoms with Crippen molar-refractivity contribution < 1.29 is 9.53 Å². The fraction of sp³-hybridized carbons (Fsp3) is 0.364. The summed E-state index contributed by atoms with van der Waals surface area (Å²) in [5.41, 5.74) is 2.39. The lowest BCUT2D eigenvalue weighted by atomic mass is 10.0. The third kappa shape index (κ3) is 1.75. The highest BCUT2D eigenvalue weighted by molar-refractivity contribution is 6.33. The van der Waals surface area contributed by atoms with Gasteiger partial charge in [-0.1, -0.05) is 17.7 Å². The molecule has 0 aromatic heterocycles. The molecule has 0 N–H and O–H groups in total. The summed E-state index contributed by atoms with van der Waals surface area (Å²) in [7, 11) is 1.52. The summed E-state index contributed by atoms with van der Waals surface area (Å²) >= 11 is 6.04. The van der Waals surface area contributed by atoms with Crippen molar-refractivity contribution in [1.82, 2.24) is 0 Å². The summed E-state index contributed by atoms with van der Waals surface area (Å²) in [6.07, 6.45) is 0. The second-order valence-electron chi connectivity index (χ2n) is 3.29. The summed E-state index contributed by atoms with van der Waals surface area (Å²) in [4.78, 5) is 11.4. The Morgan fingerprint density at radius 2 is 1.93 bits per heavy atom. The Balaban J connectivity index is 3.55. The second kappa shape index (κ2) is 4.01. The van der Waals surface area contributed by atoms with E-state index in [2.05, 4.69) is 0 Å². The van der Waals surface area contributed by atoms with Crippen LogP contribution in [0.25, 0.3) is 0 Å². The van der Waals surface area contributed by atoms with Crippen LogP contribution in [0.2, 0.25) is 5.02 Å². The predicted octanol–water partition coefficient (Wildman–Crippen LogP) is 3.17. The smallest absolute Gasteiger partial charge is 0.163 e. The Bertz CT molecular complexity index is 383. The van der Waals surface area contributed by atoms with Gasteiger partial charge in [-0.2, -0.15) is 0 Å². The molecule has 0 saturated heterocycles. The molecule has 0 spiro atoms. The van der Waals surface area contributed by atoms with E-state index in [1.54, 1.807) is 0 Å². The van der Waals surface area contributed by atoms with E-state index in [1.165, 1.54) is 14.0 Å². The van der Waals surface area contributed by atoms with Crippen molar-refractivity contribution in [2.45, 2.75) is 20.8 Å². The molecule has 0 heterocycles. The SMILES string of the molecule is COc1c(Cl)c(C)cc(C)c1C(C)=O. The molecule has 2 nitrogen and oxygen atoms in total. The topological polar surface area (TPSA) is 26.3 Å². The van der Waals surface area contributed by atoms with Gasteiger partial charge in [0.1, 0.15) is 5.75 Å². The van der Waals surface area contributed by atoms with Crippen molar-refractivity contribution in [3.05, 3.63) is 27.8 Å². The highest BCUT2D eigenvalue weighted by Crippen LogP contribution is 2.34. The molecule has 0 bridgehead atoms. The number of hydrogen-bond acceptors (Lipinski definition) is 2. The molecule has 0 radical (unpaired) electrons. The number of rotatable bonds is 2. The number of benzene rings is 1. The van der Waals surface area contributed by atoms with Gasteiger partial charge in [0.2, 0.25) is 0 Å². The Kier molecular flexibility index (Phi) is 3.17. The molecule has 0 fully saturated rings. The van der Waals surface area contributed by atoms with Crippen molar-refractivity contribution in [2.24, 2.45) is 0 Å². The second-order valence-corrected chi connectivity index (χ2v) is 3.67. The summed E-state index contributed by atoms with van der Waals surface area (Å²) in [6.45, 7) is 5.28. The molecule has 0 aliphatic rings. The number of ketones is 1. The number of aryl methyl sites for hydroxylation is 2. The molecule has 0 amide bonds. The number of carbonyl (C=O) groups excluding carboxylic acids is 1. The standard InChI is InChI=1S/C11H13ClO2/c1-6-5-7(2)10(12)11(14-4)9(6)8(3)13/h5H,1-4H3. The third-order valence-electron chi connectivity index (χ3n) is 2.16. The van der Waals surface area contributed by atoms with Crippen molar-refractivity contribution in [1.29, 1.82) is 0 Å². The van der Waals surface area contributed by atoms with Crippen LogP contribution in [0.4, 0.5) is 0 Å². The summed E-state index contributed by atoms with van der Waals surface area (Å²) < 4.78 is 5.15. The Labute approximate surface area is 88.8 Å². The number of Topliss-reactive ketones (excluding diaryl/α,β-unsaturated/α-hetero) is 1. The van der Waals surface area contributed by atoms with Crippen LogP contribution in [0, 0.1) is 13.8 Å². The van der Waals surface area contributed by atoms with Crippen LogP contribution in [0.1, 0.15) is 28.4 Å². The van der Waals surface area contributed by atoms with E-state index in [9.17, 15) is 4.79 Å². The average molecular weight is 213 g/mol. The monoisotopic (exact) mass is 212 g/mol. The largest absolute Gasteiger partial charge is 0.494 e. The van der Waals surface area contributed by atoms with E-state index in [0.717, 1.165) is 11.1 Å². The molecule has 3 heteroatoms. The minimum Gasteiger partial charge on any atom is -0.494 e. The zero-order valence-electron chi connectivity index (χ0n) is 8.77. The van der Waals surface area contributed by atoms with Crippen LogP contribution < -0.4 is 4.74 Å². The third-order valence-corrected chi connectivity index (χ3v) is 2.63. The first-order valence-corrected chi connectivity index (χ1v) is 4.71. The van der Waals surface area contributed by atoms with Crippen LogP contribution in [-0.4, -0.2) is 12.9 Å². The average Bonchev–Trinajstić information content (AvgIpc) is 2.09. The van der Waals surface area contributed by atoms with Crippen LogP contribution in [0.5, 0.6) is 5.75 Å². The van der Waals surface area contributed by atoms with Crippen LogP contribution in [0.15, 0.2) is 6.07 Å². The lowest BCUT2D eigenvalue weighted by molar-refractivity contribution is 0.101. The predicted molar refractivity (Wildman–Crippen MR) is 57.5 cm³/mol. The minimum absolute atomic E-state index is 0.0266. The van der Waals surface area contributed by atoms with Gasteiger partial charge in [0, 0.05) is 0 Å². The van der Waals surface area contributed by atoms with Crippen molar-refractivity contribution in [3.8, 4) is 5.75 Å². The normalized spacial score (nSPS) is 10.1. The maximum absolute atomic E-state index is 11.4. The van der Waals surface area contributed by atoms with E-state index in [4.69, 9.17) is 16.3 Å². The first-order chi connectivity index (χ1) is 6.49. The zero-order valence-corrected chi connectivity index (χ0v) is 9.53. The van der Waals surface area contributed by atoms with Crippen LogP contribution >= 0.6 is 11.6 Å². The maximum Gasteiger partial charge on any atom is 0.163 e. The first-order valence-electron chi connectivity index (χ1n) is 4.33. The molecule has 0 saturated carbocycles. The molecular weight excluding hydrogens is 200 g/mol. The van der Waals surface area contributed by atoms with Gasteiger partial charge in [0.25, 0.3) is 0 Å². The zero-order chi connectivity index (χ0) is 10.9. The number of halogens is 1. The van der Waals surface area contributed by atoms with E-state index in [1.807, 2.05) is 19.9 Å². The maximum atomic E-state index is 11.4. The number of hydrogen-bond donors (Lipinski definition) is 0. The summed E-state index contributed by atoms with van der Waals surface area (Å²) in [6, 6.07) is 1.89. The van der Waals surface area contributed by atoms with Crippen LogP contribution in [-0.2, 0) is 0 Å². The van der Waals surface area contributed by atoms with E-state index >= 15 is 0 Å². The molecule has 1 aromatic carbocycles. The van der Waals surface area contributed by atoms with Crippen molar-refractivity contribution in [2.75, 3.05) is 7.11 Å². The first kappa shape index (κ1) is 11.1. The van der Waals surface area contributed by atoms with Gasteiger partial charge in [-0.15, -0.1) is 0 Å².